The predicted octanol–water partition coefficient (Wildman–Crippen LogP) is 4.06. The Balaban J connectivity index is 2.13. The van der Waals surface area contributed by atoms with Crippen LogP contribution < -0.4 is 5.32 Å². The van der Waals surface area contributed by atoms with Gasteiger partial charge in [0.2, 0.25) is 5.28 Å². The number of aromatic amines is 1. The van der Waals surface area contributed by atoms with Crippen molar-refractivity contribution in [3.8, 4) is 0 Å². The molecule has 0 atom stereocenters. The minimum absolute atomic E-state index is 0.0882. The SMILES string of the molecule is Clc1nc(Nc2c(Cl)cccc2Cl)c2[nH]cnc2n1. The molecule has 3 rings (SSSR count). The normalized spacial score (nSPS) is 10.9. The second kappa shape index (κ2) is 4.85. The van der Waals surface area contributed by atoms with Gasteiger partial charge in [-0.15, -0.1) is 0 Å². The molecule has 3 aromatic rings. The lowest BCUT2D eigenvalue weighted by Crippen LogP contribution is -1.98. The van der Waals surface area contributed by atoms with Crippen molar-refractivity contribution >= 4 is 57.5 Å². The van der Waals surface area contributed by atoms with Gasteiger partial charge < -0.3 is 10.3 Å². The summed E-state index contributed by atoms with van der Waals surface area (Å²) < 4.78 is 0. The van der Waals surface area contributed by atoms with Crippen molar-refractivity contribution in [1.82, 2.24) is 19.9 Å². The number of nitrogens with one attached hydrogen (secondary N) is 2. The summed E-state index contributed by atoms with van der Waals surface area (Å²) in [5, 5.41) is 4.09. The van der Waals surface area contributed by atoms with E-state index in [1.807, 2.05) is 0 Å². The van der Waals surface area contributed by atoms with Gasteiger partial charge in [0.25, 0.3) is 0 Å². The number of imidazole rings is 1. The van der Waals surface area contributed by atoms with Gasteiger partial charge in [0.1, 0.15) is 5.52 Å². The molecule has 5 nitrogen and oxygen atoms in total. The summed E-state index contributed by atoms with van der Waals surface area (Å²) in [6.45, 7) is 0. The second-order valence-corrected chi connectivity index (χ2v) is 4.82. The number of rotatable bonds is 2. The van der Waals surface area contributed by atoms with Gasteiger partial charge in [-0.1, -0.05) is 29.3 Å². The van der Waals surface area contributed by atoms with Gasteiger partial charge in [0, 0.05) is 0 Å². The Kier molecular flexibility index (Phi) is 3.18. The number of para-hydroxylation sites is 1. The Hall–Kier alpha value is -1.56. The van der Waals surface area contributed by atoms with Crippen molar-refractivity contribution in [3.63, 3.8) is 0 Å². The maximum absolute atomic E-state index is 6.10. The number of fused-ring (bicyclic) bond motifs is 1. The van der Waals surface area contributed by atoms with Crippen LogP contribution in [0.2, 0.25) is 15.3 Å². The fourth-order valence-corrected chi connectivity index (χ4v) is 2.29. The molecule has 0 aliphatic rings. The zero-order valence-electron chi connectivity index (χ0n) is 9.28. The maximum atomic E-state index is 6.10. The number of aromatic nitrogens is 4. The molecule has 19 heavy (non-hydrogen) atoms. The topological polar surface area (TPSA) is 66.5 Å². The van der Waals surface area contributed by atoms with Crippen LogP contribution in [-0.2, 0) is 0 Å². The van der Waals surface area contributed by atoms with Gasteiger partial charge in [-0.05, 0) is 23.7 Å². The molecule has 96 valence electrons. The van der Waals surface area contributed by atoms with E-state index in [9.17, 15) is 0 Å². The summed E-state index contributed by atoms with van der Waals surface area (Å²) in [4.78, 5) is 15.1. The third-order valence-electron chi connectivity index (χ3n) is 2.46. The molecule has 0 saturated heterocycles. The number of anilines is 2. The van der Waals surface area contributed by atoms with Crippen molar-refractivity contribution in [3.05, 3.63) is 39.9 Å². The number of hydrogen-bond donors (Lipinski definition) is 2. The highest BCUT2D eigenvalue weighted by atomic mass is 35.5. The maximum Gasteiger partial charge on any atom is 0.226 e. The first-order chi connectivity index (χ1) is 9.15. The van der Waals surface area contributed by atoms with E-state index in [0.29, 0.717) is 32.7 Å². The highest BCUT2D eigenvalue weighted by molar-refractivity contribution is 6.39. The number of nitrogens with zero attached hydrogens (tertiary/aromatic N) is 3. The molecule has 0 aliphatic carbocycles. The molecule has 0 spiro atoms. The Morgan fingerprint density at radius 3 is 2.53 bits per heavy atom. The van der Waals surface area contributed by atoms with E-state index in [-0.39, 0.29) is 5.28 Å². The summed E-state index contributed by atoms with van der Waals surface area (Å²) >= 11 is 18.0. The van der Waals surface area contributed by atoms with Gasteiger partial charge >= 0.3 is 0 Å². The van der Waals surface area contributed by atoms with Gasteiger partial charge in [0.15, 0.2) is 11.5 Å². The minimum Gasteiger partial charge on any atom is -0.340 e. The molecule has 8 heteroatoms. The highest BCUT2D eigenvalue weighted by Crippen LogP contribution is 2.33. The van der Waals surface area contributed by atoms with Crippen molar-refractivity contribution in [2.24, 2.45) is 0 Å². The lowest BCUT2D eigenvalue weighted by molar-refractivity contribution is 1.20. The molecule has 0 amide bonds. The summed E-state index contributed by atoms with van der Waals surface area (Å²) in [7, 11) is 0. The van der Waals surface area contributed by atoms with Gasteiger partial charge in [-0.3, -0.25) is 0 Å². The molecule has 0 saturated carbocycles. The van der Waals surface area contributed by atoms with Gasteiger partial charge in [-0.2, -0.15) is 9.97 Å². The number of H-pyrrole nitrogens is 1. The zero-order chi connectivity index (χ0) is 13.4. The molecule has 2 heterocycles. The third-order valence-corrected chi connectivity index (χ3v) is 3.26. The van der Waals surface area contributed by atoms with Crippen molar-refractivity contribution in [2.45, 2.75) is 0 Å². The Bertz CT molecular complexity index is 735. The summed E-state index contributed by atoms with van der Waals surface area (Å²) in [6, 6.07) is 5.21. The van der Waals surface area contributed by atoms with Gasteiger partial charge in [0.05, 0.1) is 22.1 Å². The van der Waals surface area contributed by atoms with Crippen LogP contribution >= 0.6 is 34.8 Å². The highest BCUT2D eigenvalue weighted by Gasteiger charge is 2.12. The molecule has 0 radical (unpaired) electrons. The lowest BCUT2D eigenvalue weighted by atomic mass is 10.3. The Morgan fingerprint density at radius 2 is 1.79 bits per heavy atom. The number of hydrogen-bond acceptors (Lipinski definition) is 4. The smallest absolute Gasteiger partial charge is 0.226 e. The Labute approximate surface area is 122 Å². The molecule has 0 aliphatic heterocycles. The molecule has 2 aromatic heterocycles. The second-order valence-electron chi connectivity index (χ2n) is 3.66. The first-order valence-corrected chi connectivity index (χ1v) is 6.36. The molecule has 2 N–H and O–H groups in total. The summed E-state index contributed by atoms with van der Waals surface area (Å²) in [5.41, 5.74) is 1.64. The predicted molar refractivity (Wildman–Crippen MR) is 76.4 cm³/mol. The summed E-state index contributed by atoms with van der Waals surface area (Å²) in [5.74, 6) is 0.461. The first kappa shape index (κ1) is 12.5. The van der Waals surface area contributed by atoms with Crippen molar-refractivity contribution in [2.75, 3.05) is 5.32 Å². The van der Waals surface area contributed by atoms with Crippen LogP contribution in [0.5, 0.6) is 0 Å². The van der Waals surface area contributed by atoms with Crippen LogP contribution in [0.4, 0.5) is 11.5 Å². The van der Waals surface area contributed by atoms with Crippen LogP contribution in [0.3, 0.4) is 0 Å². The molecule has 0 fully saturated rings. The third kappa shape index (κ3) is 2.32. The molecular weight excluding hydrogens is 309 g/mol. The summed E-state index contributed by atoms with van der Waals surface area (Å²) in [6.07, 6.45) is 1.51. The molecule has 0 unspecified atom stereocenters. The van der Waals surface area contributed by atoms with E-state index in [1.165, 1.54) is 6.33 Å². The average Bonchev–Trinajstić information content (AvgIpc) is 2.81. The van der Waals surface area contributed by atoms with Crippen LogP contribution in [0.25, 0.3) is 11.2 Å². The van der Waals surface area contributed by atoms with E-state index >= 15 is 0 Å². The number of benzene rings is 1. The lowest BCUT2D eigenvalue weighted by Gasteiger charge is -2.10. The Morgan fingerprint density at radius 1 is 1.05 bits per heavy atom. The zero-order valence-corrected chi connectivity index (χ0v) is 11.6. The van der Waals surface area contributed by atoms with Crippen LogP contribution in [0, 0.1) is 0 Å². The van der Waals surface area contributed by atoms with Crippen molar-refractivity contribution in [1.29, 1.82) is 0 Å². The van der Waals surface area contributed by atoms with Crippen LogP contribution in [0.15, 0.2) is 24.5 Å². The standard InChI is InChI=1S/C11H6Cl3N5/c12-5-2-1-3-6(13)7(5)17-10-8-9(16-4-15-8)18-11(14)19-10/h1-4H,(H2,15,16,17,18,19). The minimum atomic E-state index is 0.0882. The fraction of sp³-hybridized carbons (Fsp3) is 0. The van der Waals surface area contributed by atoms with E-state index in [0.717, 1.165) is 0 Å². The van der Waals surface area contributed by atoms with E-state index in [1.54, 1.807) is 18.2 Å². The molecular formula is C11H6Cl3N5. The largest absolute Gasteiger partial charge is 0.340 e. The van der Waals surface area contributed by atoms with E-state index < -0.39 is 0 Å². The average molecular weight is 315 g/mol. The molecule has 1 aromatic carbocycles. The van der Waals surface area contributed by atoms with Crippen molar-refractivity contribution < 1.29 is 0 Å². The van der Waals surface area contributed by atoms with E-state index in [4.69, 9.17) is 34.8 Å². The van der Waals surface area contributed by atoms with Crippen LogP contribution in [0.1, 0.15) is 0 Å². The van der Waals surface area contributed by atoms with E-state index in [2.05, 4.69) is 25.3 Å². The monoisotopic (exact) mass is 313 g/mol. The molecule has 0 bridgehead atoms. The van der Waals surface area contributed by atoms with Gasteiger partial charge in [-0.25, -0.2) is 4.98 Å². The number of halogens is 3. The van der Waals surface area contributed by atoms with Crippen LogP contribution in [-0.4, -0.2) is 19.9 Å². The fourth-order valence-electron chi connectivity index (χ4n) is 1.63. The first-order valence-electron chi connectivity index (χ1n) is 5.23. The quantitative estimate of drug-likeness (QED) is 0.700.